The van der Waals surface area contributed by atoms with E-state index < -0.39 is 20.7 Å². The third-order valence-corrected chi connectivity index (χ3v) is 4.68. The average Bonchev–Trinajstić information content (AvgIpc) is 2.68. The average molecular weight is 284 g/mol. The van der Waals surface area contributed by atoms with Gasteiger partial charge >= 0.3 is 0 Å². The van der Waals surface area contributed by atoms with E-state index in [4.69, 9.17) is 0 Å². The van der Waals surface area contributed by atoms with Gasteiger partial charge < -0.3 is 5.32 Å². The highest BCUT2D eigenvalue weighted by Crippen LogP contribution is 2.14. The van der Waals surface area contributed by atoms with Gasteiger partial charge in [-0.05, 0) is 18.6 Å². The molecular weight excluding hydrogens is 272 g/mol. The molecule has 1 aromatic carbocycles. The Hall–Kier alpha value is -1.96. The van der Waals surface area contributed by atoms with Gasteiger partial charge in [-0.3, -0.25) is 14.9 Å². The van der Waals surface area contributed by atoms with E-state index in [0.29, 0.717) is 6.42 Å². The van der Waals surface area contributed by atoms with Crippen molar-refractivity contribution < 1.29 is 18.1 Å². The fraction of sp³-hybridized carbons (Fsp3) is 0.364. The van der Waals surface area contributed by atoms with Gasteiger partial charge in [0.2, 0.25) is 0 Å². The number of nitro benzene ring substituents is 1. The molecule has 1 saturated heterocycles. The normalized spacial score (nSPS) is 20.9. The number of hydrogen-bond donors (Lipinski definition) is 1. The highest BCUT2D eigenvalue weighted by Gasteiger charge is 2.29. The summed E-state index contributed by atoms with van der Waals surface area (Å²) in [6.45, 7) is 0. The van der Waals surface area contributed by atoms with Crippen LogP contribution in [0.2, 0.25) is 0 Å². The lowest BCUT2D eigenvalue weighted by atomic mass is 10.1. The van der Waals surface area contributed by atoms with Crippen LogP contribution in [0, 0.1) is 10.1 Å². The Labute approximate surface area is 109 Å². The third kappa shape index (κ3) is 3.28. The number of amides is 1. The van der Waals surface area contributed by atoms with Crippen LogP contribution >= 0.6 is 0 Å². The van der Waals surface area contributed by atoms with E-state index in [2.05, 4.69) is 5.32 Å². The standard InChI is InChI=1S/C11H12N2O5S/c14-11(12-9-5-6-19(17,18)7-9)8-1-3-10(4-2-8)13(15)16/h1-4,9H,5-7H2,(H,12,14). The van der Waals surface area contributed by atoms with Gasteiger partial charge in [0.05, 0.1) is 16.4 Å². The highest BCUT2D eigenvalue weighted by molar-refractivity contribution is 7.91. The lowest BCUT2D eigenvalue weighted by Gasteiger charge is -2.10. The van der Waals surface area contributed by atoms with Crippen LogP contribution in [0.1, 0.15) is 16.8 Å². The first-order valence-electron chi connectivity index (χ1n) is 5.63. The molecule has 8 heteroatoms. The Bertz CT molecular complexity index is 608. The number of rotatable bonds is 3. The maximum absolute atomic E-state index is 11.8. The van der Waals surface area contributed by atoms with Crippen molar-refractivity contribution in [2.75, 3.05) is 11.5 Å². The number of carbonyl (C=O) groups excluding carboxylic acids is 1. The Morgan fingerprint density at radius 2 is 1.95 bits per heavy atom. The van der Waals surface area contributed by atoms with Crippen LogP contribution in [-0.2, 0) is 9.84 Å². The lowest BCUT2D eigenvalue weighted by molar-refractivity contribution is -0.384. The Morgan fingerprint density at radius 1 is 1.32 bits per heavy atom. The van der Waals surface area contributed by atoms with E-state index >= 15 is 0 Å². The highest BCUT2D eigenvalue weighted by atomic mass is 32.2. The van der Waals surface area contributed by atoms with Crippen LogP contribution in [0.3, 0.4) is 0 Å². The SMILES string of the molecule is O=C(NC1CCS(=O)(=O)C1)c1ccc([N+](=O)[O-])cc1. The molecule has 1 fully saturated rings. The van der Waals surface area contributed by atoms with E-state index in [-0.39, 0.29) is 28.8 Å². The summed E-state index contributed by atoms with van der Waals surface area (Å²) in [6, 6.07) is 4.78. The molecule has 7 nitrogen and oxygen atoms in total. The van der Waals surface area contributed by atoms with Crippen molar-refractivity contribution in [2.24, 2.45) is 0 Å². The molecule has 0 bridgehead atoms. The molecule has 1 unspecified atom stereocenters. The number of non-ortho nitro benzene ring substituents is 1. The smallest absolute Gasteiger partial charge is 0.269 e. The quantitative estimate of drug-likeness (QED) is 0.643. The maximum Gasteiger partial charge on any atom is 0.269 e. The first kappa shape index (κ1) is 13.5. The van der Waals surface area contributed by atoms with E-state index in [9.17, 15) is 23.3 Å². The molecule has 1 aliphatic rings. The summed E-state index contributed by atoms with van der Waals surface area (Å²) in [6.07, 6.45) is 0.404. The van der Waals surface area contributed by atoms with Gasteiger partial charge in [0, 0.05) is 23.7 Å². The van der Waals surface area contributed by atoms with Crippen LogP contribution in [0.5, 0.6) is 0 Å². The zero-order valence-corrected chi connectivity index (χ0v) is 10.7. The summed E-state index contributed by atoms with van der Waals surface area (Å²) < 4.78 is 22.5. The topological polar surface area (TPSA) is 106 Å². The Morgan fingerprint density at radius 3 is 2.42 bits per heavy atom. The zero-order valence-electron chi connectivity index (χ0n) is 9.90. The summed E-state index contributed by atoms with van der Waals surface area (Å²) in [4.78, 5) is 21.7. The van der Waals surface area contributed by atoms with Crippen molar-refractivity contribution in [3.05, 3.63) is 39.9 Å². The molecule has 1 aliphatic heterocycles. The Balaban J connectivity index is 2.02. The molecule has 1 aromatic rings. The molecule has 19 heavy (non-hydrogen) atoms. The molecule has 102 valence electrons. The molecule has 0 spiro atoms. The molecule has 0 saturated carbocycles. The fourth-order valence-electron chi connectivity index (χ4n) is 1.91. The molecular formula is C11H12N2O5S. The molecule has 1 N–H and O–H groups in total. The van der Waals surface area contributed by atoms with Crippen molar-refractivity contribution in [2.45, 2.75) is 12.5 Å². The van der Waals surface area contributed by atoms with Crippen LogP contribution in [0.15, 0.2) is 24.3 Å². The number of nitrogens with one attached hydrogen (secondary N) is 1. The zero-order chi connectivity index (χ0) is 14.0. The molecule has 1 heterocycles. The minimum absolute atomic E-state index is 0.0499. The third-order valence-electron chi connectivity index (χ3n) is 2.91. The number of nitro groups is 1. The van der Waals surface area contributed by atoms with Gasteiger partial charge in [-0.15, -0.1) is 0 Å². The molecule has 1 atom stereocenters. The predicted molar refractivity (Wildman–Crippen MR) is 67.6 cm³/mol. The van der Waals surface area contributed by atoms with Crippen molar-refractivity contribution in [1.29, 1.82) is 0 Å². The summed E-state index contributed by atoms with van der Waals surface area (Å²) in [5.41, 5.74) is 0.176. The molecule has 1 amide bonds. The van der Waals surface area contributed by atoms with Crippen molar-refractivity contribution in [3.8, 4) is 0 Å². The van der Waals surface area contributed by atoms with Crippen LogP contribution in [0.25, 0.3) is 0 Å². The first-order valence-corrected chi connectivity index (χ1v) is 7.45. The van der Waals surface area contributed by atoms with Gasteiger partial charge in [-0.2, -0.15) is 0 Å². The van der Waals surface area contributed by atoms with Crippen molar-refractivity contribution in [3.63, 3.8) is 0 Å². The van der Waals surface area contributed by atoms with Crippen molar-refractivity contribution >= 4 is 21.4 Å². The van der Waals surface area contributed by atoms with E-state index in [1.165, 1.54) is 24.3 Å². The monoisotopic (exact) mass is 284 g/mol. The summed E-state index contributed by atoms with van der Waals surface area (Å²) >= 11 is 0. The Kier molecular flexibility index (Phi) is 3.52. The summed E-state index contributed by atoms with van der Waals surface area (Å²) in [5, 5.41) is 13.1. The minimum atomic E-state index is -3.05. The predicted octanol–water partition coefficient (Wildman–Crippen LogP) is 0.512. The van der Waals surface area contributed by atoms with E-state index in [1.807, 2.05) is 0 Å². The largest absolute Gasteiger partial charge is 0.348 e. The number of carbonyl (C=O) groups is 1. The van der Waals surface area contributed by atoms with Gasteiger partial charge in [0.25, 0.3) is 11.6 Å². The van der Waals surface area contributed by atoms with Gasteiger partial charge in [0.15, 0.2) is 9.84 Å². The lowest BCUT2D eigenvalue weighted by Crippen LogP contribution is -2.35. The molecule has 0 aliphatic carbocycles. The van der Waals surface area contributed by atoms with Crippen molar-refractivity contribution in [1.82, 2.24) is 5.32 Å². The van der Waals surface area contributed by atoms with Gasteiger partial charge in [-0.1, -0.05) is 0 Å². The van der Waals surface area contributed by atoms with E-state index in [1.54, 1.807) is 0 Å². The van der Waals surface area contributed by atoms with E-state index in [0.717, 1.165) is 0 Å². The summed E-state index contributed by atoms with van der Waals surface area (Å²) in [7, 11) is -3.05. The summed E-state index contributed by atoms with van der Waals surface area (Å²) in [5.74, 6) is -0.388. The number of sulfone groups is 1. The van der Waals surface area contributed by atoms with Gasteiger partial charge in [-0.25, -0.2) is 8.42 Å². The van der Waals surface area contributed by atoms with Crippen LogP contribution in [-0.4, -0.2) is 36.8 Å². The first-order chi connectivity index (χ1) is 8.87. The van der Waals surface area contributed by atoms with Crippen LogP contribution in [0.4, 0.5) is 5.69 Å². The number of benzene rings is 1. The molecule has 0 radical (unpaired) electrons. The van der Waals surface area contributed by atoms with Gasteiger partial charge in [0.1, 0.15) is 0 Å². The number of hydrogen-bond acceptors (Lipinski definition) is 5. The second-order valence-electron chi connectivity index (χ2n) is 4.38. The molecule has 0 aromatic heterocycles. The molecule has 2 rings (SSSR count). The van der Waals surface area contributed by atoms with Crippen LogP contribution < -0.4 is 5.32 Å². The minimum Gasteiger partial charge on any atom is -0.348 e. The fourth-order valence-corrected chi connectivity index (χ4v) is 3.59. The second kappa shape index (κ2) is 4.96. The number of nitrogens with zero attached hydrogens (tertiary/aromatic N) is 1. The maximum atomic E-state index is 11.8. The second-order valence-corrected chi connectivity index (χ2v) is 6.61.